The van der Waals surface area contributed by atoms with E-state index in [0.717, 1.165) is 22.4 Å². The van der Waals surface area contributed by atoms with E-state index >= 15 is 0 Å². The summed E-state index contributed by atoms with van der Waals surface area (Å²) in [7, 11) is 0. The largest absolute Gasteiger partial charge is 0.340 e. The van der Waals surface area contributed by atoms with Crippen LogP contribution in [0.2, 0.25) is 0 Å². The average molecular weight is 282 g/mol. The van der Waals surface area contributed by atoms with Gasteiger partial charge in [-0.2, -0.15) is 0 Å². The lowest BCUT2D eigenvalue weighted by atomic mass is 10.3. The highest BCUT2D eigenvalue weighted by Crippen LogP contribution is 2.14. The van der Waals surface area contributed by atoms with Crippen LogP contribution in [-0.2, 0) is 6.54 Å². The Morgan fingerprint density at radius 3 is 3.00 bits per heavy atom. The maximum absolute atomic E-state index is 12.3. The summed E-state index contributed by atoms with van der Waals surface area (Å²) in [6.07, 6.45) is 1.57. The van der Waals surface area contributed by atoms with Crippen molar-refractivity contribution in [3.63, 3.8) is 0 Å². The number of fused-ring (bicyclic) bond motifs is 2. The Bertz CT molecular complexity index is 933. The second kappa shape index (κ2) is 4.28. The molecule has 0 saturated carbocycles. The average Bonchev–Trinajstić information content (AvgIpc) is 3.08. The summed E-state index contributed by atoms with van der Waals surface area (Å²) in [6.45, 7) is 0.397. The van der Waals surface area contributed by atoms with Crippen molar-refractivity contribution in [1.29, 1.82) is 0 Å². The van der Waals surface area contributed by atoms with Crippen molar-refractivity contribution in [3.8, 4) is 0 Å². The first kappa shape index (κ1) is 11.4. The molecule has 0 bridgehead atoms. The molecular formula is C14H10N4OS. The van der Waals surface area contributed by atoms with Gasteiger partial charge in [-0.25, -0.2) is 9.97 Å². The fourth-order valence-corrected chi connectivity index (χ4v) is 3.03. The summed E-state index contributed by atoms with van der Waals surface area (Å²) in [5.74, 6) is 0.756. The summed E-state index contributed by atoms with van der Waals surface area (Å²) in [4.78, 5) is 24.3. The zero-order valence-electron chi connectivity index (χ0n) is 10.4. The lowest BCUT2D eigenvalue weighted by Crippen LogP contribution is -2.20. The molecule has 5 nitrogen and oxygen atoms in total. The van der Waals surface area contributed by atoms with Gasteiger partial charge in [-0.3, -0.25) is 9.36 Å². The first-order valence-electron chi connectivity index (χ1n) is 6.17. The van der Waals surface area contributed by atoms with Crippen LogP contribution >= 0.6 is 11.3 Å². The van der Waals surface area contributed by atoms with Crippen molar-refractivity contribution in [2.75, 3.05) is 0 Å². The molecule has 3 heterocycles. The zero-order valence-corrected chi connectivity index (χ0v) is 11.2. The third kappa shape index (κ3) is 1.73. The van der Waals surface area contributed by atoms with Gasteiger partial charge < -0.3 is 4.98 Å². The molecule has 3 aromatic heterocycles. The summed E-state index contributed by atoms with van der Waals surface area (Å²) in [5.41, 5.74) is 2.60. The minimum absolute atomic E-state index is 0.0227. The fraction of sp³-hybridized carbons (Fsp3) is 0.0714. The first-order chi connectivity index (χ1) is 9.81. The number of aromatic nitrogens is 4. The van der Waals surface area contributed by atoms with E-state index in [2.05, 4.69) is 15.0 Å². The molecule has 0 atom stereocenters. The molecule has 4 aromatic rings. The third-order valence-electron chi connectivity index (χ3n) is 3.19. The monoisotopic (exact) mass is 282 g/mol. The van der Waals surface area contributed by atoms with Crippen LogP contribution in [0, 0.1) is 0 Å². The Hall–Kier alpha value is -2.47. The molecule has 0 aliphatic rings. The number of hydrogen-bond acceptors (Lipinski definition) is 4. The van der Waals surface area contributed by atoms with E-state index in [-0.39, 0.29) is 5.56 Å². The minimum atomic E-state index is -0.0227. The second-order valence-corrected chi connectivity index (χ2v) is 5.43. The first-order valence-corrected chi connectivity index (χ1v) is 7.05. The molecule has 1 aromatic carbocycles. The molecule has 98 valence electrons. The predicted molar refractivity (Wildman–Crippen MR) is 79.1 cm³/mol. The Labute approximate surface area is 117 Å². The molecule has 0 fully saturated rings. The molecule has 0 spiro atoms. The van der Waals surface area contributed by atoms with Crippen LogP contribution in [0.4, 0.5) is 0 Å². The number of thiophene rings is 1. The van der Waals surface area contributed by atoms with Gasteiger partial charge in [0.05, 0.1) is 29.4 Å². The highest BCUT2D eigenvalue weighted by Gasteiger charge is 2.08. The molecule has 0 amide bonds. The molecule has 0 saturated heterocycles. The summed E-state index contributed by atoms with van der Waals surface area (Å²) >= 11 is 1.42. The number of rotatable bonds is 2. The molecule has 4 rings (SSSR count). The number of para-hydroxylation sites is 2. The zero-order chi connectivity index (χ0) is 13.5. The molecule has 0 aliphatic heterocycles. The SMILES string of the molecule is O=c1c2sccc2ncn1Cc1nc2ccccc2[nH]1. The van der Waals surface area contributed by atoms with Gasteiger partial charge >= 0.3 is 0 Å². The summed E-state index contributed by atoms with van der Waals surface area (Å²) in [5, 5.41) is 1.88. The lowest BCUT2D eigenvalue weighted by Gasteiger charge is -2.01. The topological polar surface area (TPSA) is 63.6 Å². The van der Waals surface area contributed by atoms with Crippen LogP contribution in [0.25, 0.3) is 21.3 Å². The Morgan fingerprint density at radius 1 is 1.20 bits per heavy atom. The molecule has 20 heavy (non-hydrogen) atoms. The molecule has 0 aliphatic carbocycles. The van der Waals surface area contributed by atoms with Gasteiger partial charge in [0.15, 0.2) is 0 Å². The number of benzene rings is 1. The van der Waals surface area contributed by atoms with Gasteiger partial charge in [0.25, 0.3) is 5.56 Å². The molecular weight excluding hydrogens is 272 g/mol. The van der Waals surface area contributed by atoms with Crippen LogP contribution in [0.15, 0.2) is 46.8 Å². The van der Waals surface area contributed by atoms with Crippen LogP contribution in [0.3, 0.4) is 0 Å². The van der Waals surface area contributed by atoms with Crippen LogP contribution in [-0.4, -0.2) is 19.5 Å². The summed E-state index contributed by atoms with van der Waals surface area (Å²) < 4.78 is 2.26. The molecule has 6 heteroatoms. The van der Waals surface area contributed by atoms with Crippen molar-refractivity contribution >= 4 is 32.6 Å². The third-order valence-corrected chi connectivity index (χ3v) is 4.09. The molecule has 0 unspecified atom stereocenters. The van der Waals surface area contributed by atoms with Crippen molar-refractivity contribution in [1.82, 2.24) is 19.5 Å². The number of H-pyrrole nitrogens is 1. The van der Waals surface area contributed by atoms with Crippen molar-refractivity contribution < 1.29 is 0 Å². The maximum atomic E-state index is 12.3. The van der Waals surface area contributed by atoms with Gasteiger partial charge in [0.1, 0.15) is 10.5 Å². The Balaban J connectivity index is 1.80. The van der Waals surface area contributed by atoms with E-state index in [1.807, 2.05) is 35.7 Å². The second-order valence-electron chi connectivity index (χ2n) is 4.51. The van der Waals surface area contributed by atoms with E-state index in [4.69, 9.17) is 0 Å². The highest BCUT2D eigenvalue weighted by molar-refractivity contribution is 7.17. The fourth-order valence-electron chi connectivity index (χ4n) is 2.23. The van der Waals surface area contributed by atoms with Crippen molar-refractivity contribution in [3.05, 3.63) is 58.2 Å². The minimum Gasteiger partial charge on any atom is -0.340 e. The lowest BCUT2D eigenvalue weighted by molar-refractivity contribution is 0.719. The Morgan fingerprint density at radius 2 is 2.10 bits per heavy atom. The van der Waals surface area contributed by atoms with E-state index in [0.29, 0.717) is 11.2 Å². The predicted octanol–water partition coefficient (Wildman–Crippen LogP) is 2.38. The van der Waals surface area contributed by atoms with Crippen LogP contribution in [0.5, 0.6) is 0 Å². The number of nitrogens with zero attached hydrogens (tertiary/aromatic N) is 3. The smallest absolute Gasteiger partial charge is 0.271 e. The van der Waals surface area contributed by atoms with Crippen molar-refractivity contribution in [2.24, 2.45) is 0 Å². The normalized spacial score (nSPS) is 11.4. The van der Waals surface area contributed by atoms with E-state index in [1.165, 1.54) is 11.3 Å². The standard InChI is InChI=1S/C14H10N4OS/c19-14-13-11(5-6-20-13)15-8-18(14)7-12-16-9-3-1-2-4-10(9)17-12/h1-6,8H,7H2,(H,16,17). The number of hydrogen-bond donors (Lipinski definition) is 1. The number of imidazole rings is 1. The molecule has 0 radical (unpaired) electrons. The van der Waals surface area contributed by atoms with Crippen LogP contribution in [0.1, 0.15) is 5.82 Å². The highest BCUT2D eigenvalue weighted by atomic mass is 32.1. The van der Waals surface area contributed by atoms with E-state index < -0.39 is 0 Å². The van der Waals surface area contributed by atoms with Gasteiger partial charge in [0, 0.05) is 0 Å². The van der Waals surface area contributed by atoms with E-state index in [9.17, 15) is 4.79 Å². The number of aromatic amines is 1. The quantitative estimate of drug-likeness (QED) is 0.614. The maximum Gasteiger partial charge on any atom is 0.271 e. The van der Waals surface area contributed by atoms with Gasteiger partial charge in [0.2, 0.25) is 0 Å². The number of nitrogens with one attached hydrogen (secondary N) is 1. The Kier molecular flexibility index (Phi) is 2.43. The van der Waals surface area contributed by atoms with Gasteiger partial charge in [-0.1, -0.05) is 12.1 Å². The van der Waals surface area contributed by atoms with Gasteiger partial charge in [-0.05, 0) is 23.6 Å². The summed E-state index contributed by atoms with van der Waals surface area (Å²) in [6, 6.07) is 9.66. The van der Waals surface area contributed by atoms with Crippen molar-refractivity contribution in [2.45, 2.75) is 6.54 Å². The van der Waals surface area contributed by atoms with E-state index in [1.54, 1.807) is 10.9 Å². The molecule has 1 N–H and O–H groups in total. The van der Waals surface area contributed by atoms with Gasteiger partial charge in [-0.15, -0.1) is 11.3 Å². The van der Waals surface area contributed by atoms with Crippen LogP contribution < -0.4 is 5.56 Å².